The van der Waals surface area contributed by atoms with Crippen molar-refractivity contribution in [3.8, 4) is 0 Å². The molecular weight excluding hydrogens is 349 g/mol. The van der Waals surface area contributed by atoms with Gasteiger partial charge in [-0.3, -0.25) is 14.2 Å². The molecule has 0 amide bonds. The van der Waals surface area contributed by atoms with Crippen LogP contribution in [-0.2, 0) is 13.1 Å². The SMILES string of the molecule is O=C(Cn1cnc2c(nnn2Cc2ccccc2F)c1=O)c1ccccc1. The number of carbonyl (C=O) groups is 1. The van der Waals surface area contributed by atoms with Crippen molar-refractivity contribution >= 4 is 16.9 Å². The van der Waals surface area contributed by atoms with Gasteiger partial charge in [0.15, 0.2) is 16.9 Å². The Morgan fingerprint density at radius 3 is 2.56 bits per heavy atom. The van der Waals surface area contributed by atoms with Gasteiger partial charge in [0, 0.05) is 11.1 Å². The van der Waals surface area contributed by atoms with Crippen molar-refractivity contribution in [2.45, 2.75) is 13.1 Å². The Balaban J connectivity index is 1.65. The second kappa shape index (κ2) is 6.91. The molecule has 8 heteroatoms. The Labute approximate surface area is 152 Å². The Morgan fingerprint density at radius 2 is 1.78 bits per heavy atom. The van der Waals surface area contributed by atoms with Gasteiger partial charge in [0.05, 0.1) is 13.1 Å². The molecule has 0 radical (unpaired) electrons. The minimum absolute atomic E-state index is 0.0368. The number of Topliss-reactive ketones (excluding diaryl/α,β-unsaturated/α-hetero) is 1. The molecule has 0 N–H and O–H groups in total. The molecule has 7 nitrogen and oxygen atoms in total. The van der Waals surface area contributed by atoms with Crippen LogP contribution in [0.4, 0.5) is 4.39 Å². The number of fused-ring (bicyclic) bond motifs is 1. The lowest BCUT2D eigenvalue weighted by atomic mass is 10.1. The standard InChI is InChI=1S/C19H14FN5O2/c20-15-9-5-4-8-14(15)10-25-18-17(22-23-25)19(27)24(12-21-18)11-16(26)13-6-2-1-3-7-13/h1-9,12H,10-11H2. The van der Waals surface area contributed by atoms with E-state index in [1.807, 2.05) is 6.07 Å². The smallest absolute Gasteiger partial charge is 0.283 e. The lowest BCUT2D eigenvalue weighted by molar-refractivity contribution is 0.0970. The molecule has 27 heavy (non-hydrogen) atoms. The highest BCUT2D eigenvalue weighted by molar-refractivity contribution is 5.95. The van der Waals surface area contributed by atoms with Crippen molar-refractivity contribution in [1.82, 2.24) is 24.5 Å². The van der Waals surface area contributed by atoms with Crippen LogP contribution < -0.4 is 5.56 Å². The minimum atomic E-state index is -0.468. The summed E-state index contributed by atoms with van der Waals surface area (Å²) in [6.07, 6.45) is 1.28. The molecule has 4 rings (SSSR count). The highest BCUT2D eigenvalue weighted by atomic mass is 19.1. The zero-order valence-corrected chi connectivity index (χ0v) is 14.1. The Morgan fingerprint density at radius 1 is 1.04 bits per heavy atom. The molecule has 134 valence electrons. The van der Waals surface area contributed by atoms with E-state index >= 15 is 0 Å². The average molecular weight is 363 g/mol. The topological polar surface area (TPSA) is 82.7 Å². The van der Waals surface area contributed by atoms with Gasteiger partial charge in [0.2, 0.25) is 0 Å². The number of benzene rings is 2. The molecule has 2 heterocycles. The molecule has 0 atom stereocenters. The van der Waals surface area contributed by atoms with E-state index in [0.29, 0.717) is 11.1 Å². The lowest BCUT2D eigenvalue weighted by Crippen LogP contribution is -2.25. The Hall–Kier alpha value is -3.68. The fourth-order valence-corrected chi connectivity index (χ4v) is 2.76. The van der Waals surface area contributed by atoms with Gasteiger partial charge in [-0.2, -0.15) is 0 Å². The Kier molecular flexibility index (Phi) is 4.29. The second-order valence-electron chi connectivity index (χ2n) is 5.98. The molecule has 0 fully saturated rings. The highest BCUT2D eigenvalue weighted by Gasteiger charge is 2.15. The first kappa shape index (κ1) is 16.8. The van der Waals surface area contributed by atoms with Crippen molar-refractivity contribution in [1.29, 1.82) is 0 Å². The molecule has 2 aromatic carbocycles. The third kappa shape index (κ3) is 3.24. The maximum atomic E-state index is 13.8. The number of aromatic nitrogens is 5. The van der Waals surface area contributed by atoms with Gasteiger partial charge in [-0.25, -0.2) is 14.1 Å². The summed E-state index contributed by atoms with van der Waals surface area (Å²) in [7, 11) is 0. The molecule has 4 aromatic rings. The van der Waals surface area contributed by atoms with Gasteiger partial charge in [0.1, 0.15) is 12.1 Å². The van der Waals surface area contributed by atoms with Crippen molar-refractivity contribution in [2.24, 2.45) is 0 Å². The number of rotatable bonds is 5. The van der Waals surface area contributed by atoms with E-state index in [1.54, 1.807) is 42.5 Å². The van der Waals surface area contributed by atoms with Gasteiger partial charge in [-0.1, -0.05) is 53.7 Å². The average Bonchev–Trinajstić information content (AvgIpc) is 3.10. The summed E-state index contributed by atoms with van der Waals surface area (Å²) in [5.74, 6) is -0.583. The summed E-state index contributed by atoms with van der Waals surface area (Å²) in [6, 6.07) is 15.0. The van der Waals surface area contributed by atoms with Crippen LogP contribution in [0, 0.1) is 5.82 Å². The van der Waals surface area contributed by atoms with E-state index in [4.69, 9.17) is 0 Å². The van der Waals surface area contributed by atoms with Crippen molar-refractivity contribution < 1.29 is 9.18 Å². The highest BCUT2D eigenvalue weighted by Crippen LogP contribution is 2.11. The quantitative estimate of drug-likeness (QED) is 0.507. The molecule has 0 spiro atoms. The first-order valence-corrected chi connectivity index (χ1v) is 8.24. The zero-order valence-electron chi connectivity index (χ0n) is 14.1. The number of carbonyl (C=O) groups excluding carboxylic acids is 1. The molecule has 0 unspecified atom stereocenters. The summed E-state index contributed by atoms with van der Waals surface area (Å²) >= 11 is 0. The number of ketones is 1. The van der Waals surface area contributed by atoms with Crippen LogP contribution in [0.25, 0.3) is 11.2 Å². The normalized spacial score (nSPS) is 11.0. The van der Waals surface area contributed by atoms with Crippen LogP contribution in [0.2, 0.25) is 0 Å². The van der Waals surface area contributed by atoms with Crippen LogP contribution in [0.15, 0.2) is 65.7 Å². The lowest BCUT2D eigenvalue weighted by Gasteiger charge is -2.06. The van der Waals surface area contributed by atoms with E-state index in [0.717, 1.165) is 0 Å². The molecule has 0 aliphatic rings. The second-order valence-corrected chi connectivity index (χ2v) is 5.98. The molecule has 0 aliphatic carbocycles. The largest absolute Gasteiger partial charge is 0.292 e. The fraction of sp³-hybridized carbons (Fsp3) is 0.105. The molecule has 0 aliphatic heterocycles. The molecular formula is C19H14FN5O2. The van der Waals surface area contributed by atoms with Gasteiger partial charge in [0.25, 0.3) is 5.56 Å². The van der Waals surface area contributed by atoms with Gasteiger partial charge < -0.3 is 0 Å². The number of nitrogens with zero attached hydrogens (tertiary/aromatic N) is 5. The van der Waals surface area contributed by atoms with Crippen molar-refractivity contribution in [3.63, 3.8) is 0 Å². The number of hydrogen-bond donors (Lipinski definition) is 0. The van der Waals surface area contributed by atoms with E-state index in [-0.39, 0.29) is 35.9 Å². The molecule has 0 saturated heterocycles. The number of hydrogen-bond acceptors (Lipinski definition) is 5. The summed E-state index contributed by atoms with van der Waals surface area (Å²) in [5.41, 5.74) is 0.729. The minimum Gasteiger partial charge on any atom is -0.292 e. The van der Waals surface area contributed by atoms with Gasteiger partial charge in [-0.15, -0.1) is 5.10 Å². The fourth-order valence-electron chi connectivity index (χ4n) is 2.76. The summed E-state index contributed by atoms with van der Waals surface area (Å²) < 4.78 is 16.4. The monoisotopic (exact) mass is 363 g/mol. The third-order valence-corrected chi connectivity index (χ3v) is 4.18. The molecule has 2 aromatic heterocycles. The van der Waals surface area contributed by atoms with Crippen LogP contribution in [-0.4, -0.2) is 30.3 Å². The van der Waals surface area contributed by atoms with Crippen LogP contribution in [0.5, 0.6) is 0 Å². The molecule has 0 saturated carbocycles. The third-order valence-electron chi connectivity index (χ3n) is 4.18. The van der Waals surface area contributed by atoms with E-state index in [1.165, 1.54) is 21.6 Å². The molecule has 0 bridgehead atoms. The van der Waals surface area contributed by atoms with Crippen molar-refractivity contribution in [3.05, 3.63) is 88.2 Å². The summed E-state index contributed by atoms with van der Waals surface area (Å²) in [4.78, 5) is 29.1. The van der Waals surface area contributed by atoms with E-state index in [2.05, 4.69) is 15.3 Å². The zero-order chi connectivity index (χ0) is 18.8. The number of halogens is 1. The Bertz CT molecular complexity index is 1180. The maximum Gasteiger partial charge on any atom is 0.283 e. The van der Waals surface area contributed by atoms with E-state index in [9.17, 15) is 14.0 Å². The summed E-state index contributed by atoms with van der Waals surface area (Å²) in [6.45, 7) is -0.0471. The van der Waals surface area contributed by atoms with Crippen LogP contribution in [0.3, 0.4) is 0 Å². The van der Waals surface area contributed by atoms with E-state index < -0.39 is 5.56 Å². The van der Waals surface area contributed by atoms with Gasteiger partial charge in [-0.05, 0) is 6.07 Å². The predicted molar refractivity (Wildman–Crippen MR) is 95.9 cm³/mol. The summed E-state index contributed by atoms with van der Waals surface area (Å²) in [5, 5.41) is 7.78. The first-order valence-electron chi connectivity index (χ1n) is 8.24. The van der Waals surface area contributed by atoms with Gasteiger partial charge >= 0.3 is 0 Å². The van der Waals surface area contributed by atoms with Crippen LogP contribution in [0.1, 0.15) is 15.9 Å². The maximum absolute atomic E-state index is 13.8. The van der Waals surface area contributed by atoms with Crippen LogP contribution >= 0.6 is 0 Å². The predicted octanol–water partition coefficient (Wildman–Crippen LogP) is 2.06. The van der Waals surface area contributed by atoms with Crippen molar-refractivity contribution in [2.75, 3.05) is 0 Å². The first-order chi connectivity index (χ1) is 13.1.